The Balaban J connectivity index is 0.00000768. The minimum atomic E-state index is -1.09. The molecule has 1 unspecified atom stereocenters. The van der Waals surface area contributed by atoms with Gasteiger partial charge in [-0.1, -0.05) is 5.56 Å². The third-order valence-electron chi connectivity index (χ3n) is 7.40. The number of methoxy groups -OCH3 is 1. The van der Waals surface area contributed by atoms with Crippen molar-refractivity contribution in [2.45, 2.75) is 97.9 Å². The molecule has 1 atom stereocenters. The molecule has 259 valence electrons. The first-order chi connectivity index (χ1) is 21.2. The fraction of sp³-hybridized carbons (Fsp3) is 0.667. The monoisotopic (exact) mass is 734 g/mol. The number of hydrogen-bond acceptors (Lipinski definition) is 11. The quantitative estimate of drug-likeness (QED) is 0.240. The number of nitrogens with zero attached hydrogens (tertiary/aromatic N) is 4. The summed E-state index contributed by atoms with van der Waals surface area (Å²) in [6.07, 6.45) is -0.555. The molecule has 0 aromatic heterocycles. The fourth-order valence-electron chi connectivity index (χ4n) is 5.14. The minimum absolute atomic E-state index is 0. The van der Waals surface area contributed by atoms with E-state index < -0.39 is 47.1 Å². The maximum atomic E-state index is 14.1. The second kappa shape index (κ2) is 16.2. The zero-order valence-electron chi connectivity index (χ0n) is 29.4. The summed E-state index contributed by atoms with van der Waals surface area (Å²) in [4.78, 5) is 75.6. The summed E-state index contributed by atoms with van der Waals surface area (Å²) < 4.78 is 17.2. The molecule has 1 aromatic rings. The number of imide groups is 1. The molecule has 2 fully saturated rings. The number of carbonyl (C=O) groups excluding carboxylic acids is 5. The Labute approximate surface area is 303 Å². The van der Waals surface area contributed by atoms with Crippen LogP contribution in [0.4, 0.5) is 4.79 Å². The van der Waals surface area contributed by atoms with Crippen LogP contribution >= 0.6 is 0 Å². The topological polar surface area (TPSA) is 135 Å². The second-order valence-electron chi connectivity index (χ2n) is 14.4. The summed E-state index contributed by atoms with van der Waals surface area (Å²) in [5.41, 5.74) is -1.57. The molecule has 2 aliphatic rings. The third kappa shape index (κ3) is 11.5. The van der Waals surface area contributed by atoms with E-state index in [0.717, 1.165) is 0 Å². The van der Waals surface area contributed by atoms with E-state index in [4.69, 9.17) is 19.0 Å². The Morgan fingerprint density at radius 3 is 1.87 bits per heavy atom. The SMILES string of the molecule is COc1[c-]cc(C(=O)ON2C(=O)CCC2=O)cc1C(C(=O)OC(C)(C)C)N1CCN(C(=O)OC(C)(C)C)CCN(C(C)(C)C)CC1.[Y]. The van der Waals surface area contributed by atoms with Crippen molar-refractivity contribution >= 4 is 29.8 Å². The van der Waals surface area contributed by atoms with Gasteiger partial charge in [0.05, 0.1) is 13.2 Å². The fourth-order valence-corrected chi connectivity index (χ4v) is 5.14. The minimum Gasteiger partial charge on any atom is -0.522 e. The second-order valence-corrected chi connectivity index (χ2v) is 14.4. The van der Waals surface area contributed by atoms with Gasteiger partial charge in [-0.05, 0) is 67.9 Å². The van der Waals surface area contributed by atoms with Crippen LogP contribution < -0.4 is 4.74 Å². The zero-order valence-corrected chi connectivity index (χ0v) is 32.3. The van der Waals surface area contributed by atoms with Crippen molar-refractivity contribution in [3.63, 3.8) is 0 Å². The Bertz CT molecular complexity index is 1300. The van der Waals surface area contributed by atoms with Gasteiger partial charge in [-0.3, -0.25) is 29.0 Å². The molecule has 14 heteroatoms. The number of ether oxygens (including phenoxy) is 3. The first-order valence-corrected chi connectivity index (χ1v) is 15.6. The number of carbonyl (C=O) groups is 5. The van der Waals surface area contributed by atoms with Crippen LogP contribution in [0, 0.1) is 6.07 Å². The molecular weight excluding hydrogens is 685 g/mol. The summed E-state index contributed by atoms with van der Waals surface area (Å²) in [6.45, 7) is 19.4. The summed E-state index contributed by atoms with van der Waals surface area (Å²) in [5.74, 6) is -2.60. The summed E-state index contributed by atoms with van der Waals surface area (Å²) >= 11 is 0. The molecule has 0 bridgehead atoms. The van der Waals surface area contributed by atoms with Crippen molar-refractivity contribution in [3.05, 3.63) is 29.3 Å². The van der Waals surface area contributed by atoms with Crippen LogP contribution in [-0.4, -0.2) is 113 Å². The number of hydrogen-bond donors (Lipinski definition) is 0. The van der Waals surface area contributed by atoms with Gasteiger partial charge >= 0.3 is 18.0 Å². The number of benzene rings is 1. The number of rotatable bonds is 6. The van der Waals surface area contributed by atoms with Crippen molar-refractivity contribution in [1.29, 1.82) is 0 Å². The third-order valence-corrected chi connectivity index (χ3v) is 7.40. The Kier molecular flexibility index (Phi) is 14.0. The molecule has 2 heterocycles. The first kappa shape index (κ1) is 40.6. The predicted molar refractivity (Wildman–Crippen MR) is 168 cm³/mol. The van der Waals surface area contributed by atoms with E-state index in [1.807, 2.05) is 25.7 Å². The molecule has 0 aliphatic carbocycles. The van der Waals surface area contributed by atoms with Crippen LogP contribution in [0.25, 0.3) is 0 Å². The van der Waals surface area contributed by atoms with Gasteiger partial charge in [0.25, 0.3) is 11.8 Å². The van der Waals surface area contributed by atoms with Crippen molar-refractivity contribution in [3.8, 4) is 5.75 Å². The van der Waals surface area contributed by atoms with E-state index in [2.05, 4.69) is 31.7 Å². The molecule has 2 aliphatic heterocycles. The maximum absolute atomic E-state index is 14.1. The van der Waals surface area contributed by atoms with Gasteiger partial charge in [-0.15, -0.1) is 17.2 Å². The van der Waals surface area contributed by atoms with Crippen molar-refractivity contribution in [2.24, 2.45) is 0 Å². The van der Waals surface area contributed by atoms with E-state index in [1.165, 1.54) is 19.2 Å². The van der Waals surface area contributed by atoms with Gasteiger partial charge in [-0.25, -0.2) is 4.79 Å². The molecular formula is C33H49N4O9Y-. The Morgan fingerprint density at radius 1 is 0.809 bits per heavy atom. The molecule has 3 amide bonds. The average molecular weight is 735 g/mol. The molecule has 1 aromatic carbocycles. The van der Waals surface area contributed by atoms with Gasteiger partial charge < -0.3 is 23.9 Å². The molecule has 0 spiro atoms. The van der Waals surface area contributed by atoms with E-state index in [9.17, 15) is 24.0 Å². The van der Waals surface area contributed by atoms with Crippen LogP contribution in [-0.2, 0) is 61.4 Å². The van der Waals surface area contributed by atoms with Gasteiger partial charge in [0.1, 0.15) is 11.2 Å². The van der Waals surface area contributed by atoms with Crippen molar-refractivity contribution in [1.82, 2.24) is 19.8 Å². The van der Waals surface area contributed by atoms with E-state index in [1.54, 1.807) is 25.7 Å². The van der Waals surface area contributed by atoms with E-state index in [-0.39, 0.29) is 81.1 Å². The zero-order chi connectivity index (χ0) is 34.6. The molecule has 0 saturated carbocycles. The summed E-state index contributed by atoms with van der Waals surface area (Å²) in [5, 5.41) is 0.464. The standard InChI is InChI=1S/C33H49N4O9.Y/c1-31(2,3)36-19-17-34(15-16-35(18-20-36)30(42)45-33(7,8)9)27(29(41)44-32(4,5)6)23-21-22(11-12-24(23)43-10)28(40)46-37-25(38)13-14-26(37)39;/h11,21,27H,13-20H2,1-10H3;/q-1;. The molecule has 3 rings (SSSR count). The van der Waals surface area contributed by atoms with Crippen LogP contribution in [0.2, 0.25) is 0 Å². The first-order valence-electron chi connectivity index (χ1n) is 15.6. The Hall–Kier alpha value is -2.61. The van der Waals surface area contributed by atoms with Crippen LogP contribution in [0.1, 0.15) is 97.1 Å². The van der Waals surface area contributed by atoms with Crippen LogP contribution in [0.3, 0.4) is 0 Å². The smallest absolute Gasteiger partial charge is 0.410 e. The van der Waals surface area contributed by atoms with Crippen molar-refractivity contribution in [2.75, 3.05) is 46.4 Å². The largest absolute Gasteiger partial charge is 0.522 e. The normalized spacial score (nSPS) is 18.0. The molecule has 47 heavy (non-hydrogen) atoms. The number of esters is 1. The van der Waals surface area contributed by atoms with Crippen LogP contribution in [0.5, 0.6) is 5.75 Å². The molecule has 13 nitrogen and oxygen atoms in total. The van der Waals surface area contributed by atoms with Gasteiger partial charge in [0.2, 0.25) is 0 Å². The predicted octanol–water partition coefficient (Wildman–Crippen LogP) is 3.75. The van der Waals surface area contributed by atoms with E-state index >= 15 is 0 Å². The molecule has 0 N–H and O–H groups in total. The van der Waals surface area contributed by atoms with Crippen molar-refractivity contribution < 1.29 is 75.7 Å². The van der Waals surface area contributed by atoms with Gasteiger partial charge in [0.15, 0.2) is 0 Å². The van der Waals surface area contributed by atoms with Gasteiger partial charge in [-0.2, -0.15) is 6.07 Å². The molecule has 2 saturated heterocycles. The Morgan fingerprint density at radius 2 is 1.34 bits per heavy atom. The summed E-state index contributed by atoms with van der Waals surface area (Å²) in [6, 6.07) is 4.56. The molecule has 1 radical (unpaired) electrons. The van der Waals surface area contributed by atoms with Gasteiger partial charge in [0, 0.05) is 96.1 Å². The maximum Gasteiger partial charge on any atom is 0.410 e. The van der Waals surface area contributed by atoms with Crippen LogP contribution in [0.15, 0.2) is 12.1 Å². The summed E-state index contributed by atoms with van der Waals surface area (Å²) in [7, 11) is 1.42. The number of hydroxylamine groups is 2. The number of amides is 3. The van der Waals surface area contributed by atoms with E-state index in [0.29, 0.717) is 31.2 Å². The average Bonchev–Trinajstić information content (AvgIpc) is 3.28.